The van der Waals surface area contributed by atoms with E-state index in [1.54, 1.807) is 0 Å². The number of hydrogen-bond donors (Lipinski definition) is 0. The lowest BCUT2D eigenvalue weighted by Gasteiger charge is -2.16. The predicted octanol–water partition coefficient (Wildman–Crippen LogP) is 4.06. The van der Waals surface area contributed by atoms with Crippen molar-refractivity contribution in [2.24, 2.45) is 0 Å². The Labute approximate surface area is 95.8 Å². The second-order valence-electron chi connectivity index (χ2n) is 4.43. The molecular formula is C15H15N. The number of aromatic nitrogens is 1. The van der Waals surface area contributed by atoms with E-state index < -0.39 is 0 Å². The van der Waals surface area contributed by atoms with Gasteiger partial charge in [0.25, 0.3) is 0 Å². The summed E-state index contributed by atoms with van der Waals surface area (Å²) in [5.41, 5.74) is 2.45. The van der Waals surface area contributed by atoms with E-state index in [1.807, 2.05) is 12.3 Å². The van der Waals surface area contributed by atoms with Crippen molar-refractivity contribution in [2.45, 2.75) is 25.2 Å². The molecular weight excluding hydrogens is 194 g/mol. The van der Waals surface area contributed by atoms with Crippen molar-refractivity contribution < 1.29 is 0 Å². The van der Waals surface area contributed by atoms with Gasteiger partial charge in [-0.1, -0.05) is 30.4 Å². The summed E-state index contributed by atoms with van der Waals surface area (Å²) >= 11 is 0. The maximum atomic E-state index is 4.52. The average molecular weight is 209 g/mol. The predicted molar refractivity (Wildman–Crippen MR) is 67.5 cm³/mol. The second kappa shape index (κ2) is 4.09. The fourth-order valence-electron chi connectivity index (χ4n) is 2.38. The van der Waals surface area contributed by atoms with Crippen LogP contribution in [0.4, 0.5) is 0 Å². The van der Waals surface area contributed by atoms with Gasteiger partial charge in [-0.05, 0) is 37.0 Å². The Hall–Kier alpha value is -1.63. The maximum absolute atomic E-state index is 4.52. The molecule has 0 aliphatic heterocycles. The number of pyridine rings is 1. The number of hydrogen-bond acceptors (Lipinski definition) is 1. The van der Waals surface area contributed by atoms with Gasteiger partial charge in [0.2, 0.25) is 0 Å². The lowest BCUT2D eigenvalue weighted by atomic mass is 9.90. The summed E-state index contributed by atoms with van der Waals surface area (Å²) in [5, 5.41) is 1.25. The summed E-state index contributed by atoms with van der Waals surface area (Å²) in [6.07, 6.45) is 10.4. The van der Waals surface area contributed by atoms with E-state index in [4.69, 9.17) is 0 Å². The van der Waals surface area contributed by atoms with Gasteiger partial charge in [-0.2, -0.15) is 0 Å². The van der Waals surface area contributed by atoms with Crippen LogP contribution < -0.4 is 0 Å². The molecule has 1 aliphatic carbocycles. The number of allylic oxidation sites excluding steroid dienone is 2. The first kappa shape index (κ1) is 9.59. The minimum atomic E-state index is 0.575. The summed E-state index contributed by atoms with van der Waals surface area (Å²) in [6.45, 7) is 0. The van der Waals surface area contributed by atoms with E-state index in [0.717, 1.165) is 5.52 Å². The van der Waals surface area contributed by atoms with Gasteiger partial charge in [0, 0.05) is 17.5 Å². The summed E-state index contributed by atoms with van der Waals surface area (Å²) in [7, 11) is 0. The molecule has 1 aromatic heterocycles. The van der Waals surface area contributed by atoms with Crippen LogP contribution in [0.1, 0.15) is 30.7 Å². The van der Waals surface area contributed by atoms with Gasteiger partial charge in [-0.3, -0.25) is 4.98 Å². The third-order valence-corrected chi connectivity index (χ3v) is 3.29. The molecule has 0 spiro atoms. The Morgan fingerprint density at radius 3 is 3.00 bits per heavy atom. The molecule has 1 nitrogen and oxygen atoms in total. The number of nitrogens with zero attached hydrogens (tertiary/aromatic N) is 1. The minimum Gasteiger partial charge on any atom is -0.256 e. The fourth-order valence-corrected chi connectivity index (χ4v) is 2.38. The largest absolute Gasteiger partial charge is 0.256 e. The highest BCUT2D eigenvalue weighted by molar-refractivity contribution is 5.78. The van der Waals surface area contributed by atoms with Crippen LogP contribution in [-0.4, -0.2) is 4.98 Å². The van der Waals surface area contributed by atoms with Gasteiger partial charge < -0.3 is 0 Å². The van der Waals surface area contributed by atoms with Crippen LogP contribution in [0.25, 0.3) is 10.9 Å². The molecule has 1 heterocycles. The molecule has 1 aliphatic rings. The summed E-state index contributed by atoms with van der Waals surface area (Å²) in [5.74, 6) is 0.575. The molecule has 16 heavy (non-hydrogen) atoms. The van der Waals surface area contributed by atoms with Crippen molar-refractivity contribution >= 4 is 10.9 Å². The zero-order valence-electron chi connectivity index (χ0n) is 9.26. The SMILES string of the molecule is C1=C[C@H](c2cnc3ccccc3c2)CCC1. The molecule has 80 valence electrons. The van der Waals surface area contributed by atoms with E-state index in [-0.39, 0.29) is 0 Å². The molecule has 0 saturated heterocycles. The fraction of sp³-hybridized carbons (Fsp3) is 0.267. The Kier molecular flexibility index (Phi) is 2.45. The van der Waals surface area contributed by atoms with Gasteiger partial charge in [-0.15, -0.1) is 0 Å². The molecule has 0 bridgehead atoms. The topological polar surface area (TPSA) is 12.9 Å². The number of rotatable bonds is 1. The van der Waals surface area contributed by atoms with Crippen LogP contribution >= 0.6 is 0 Å². The monoisotopic (exact) mass is 209 g/mol. The number of para-hydroxylation sites is 1. The summed E-state index contributed by atoms with van der Waals surface area (Å²) in [6, 6.07) is 10.6. The molecule has 0 N–H and O–H groups in total. The normalized spacial score (nSPS) is 20.1. The van der Waals surface area contributed by atoms with E-state index in [9.17, 15) is 0 Å². The zero-order chi connectivity index (χ0) is 10.8. The zero-order valence-corrected chi connectivity index (χ0v) is 9.26. The lowest BCUT2D eigenvalue weighted by molar-refractivity contribution is 0.653. The van der Waals surface area contributed by atoms with Crippen LogP contribution in [0.3, 0.4) is 0 Å². The molecule has 1 atom stereocenters. The van der Waals surface area contributed by atoms with Gasteiger partial charge >= 0.3 is 0 Å². The Bertz CT molecular complexity index is 528. The van der Waals surface area contributed by atoms with Crippen molar-refractivity contribution in [1.82, 2.24) is 4.98 Å². The first-order valence-corrected chi connectivity index (χ1v) is 5.95. The van der Waals surface area contributed by atoms with Crippen LogP contribution in [0.5, 0.6) is 0 Å². The van der Waals surface area contributed by atoms with Crippen molar-refractivity contribution in [3.8, 4) is 0 Å². The van der Waals surface area contributed by atoms with Gasteiger partial charge in [0.05, 0.1) is 5.52 Å². The van der Waals surface area contributed by atoms with Crippen molar-refractivity contribution in [2.75, 3.05) is 0 Å². The highest BCUT2D eigenvalue weighted by Gasteiger charge is 2.11. The van der Waals surface area contributed by atoms with Crippen LogP contribution in [0.2, 0.25) is 0 Å². The van der Waals surface area contributed by atoms with Crippen molar-refractivity contribution in [1.29, 1.82) is 0 Å². The summed E-state index contributed by atoms with van der Waals surface area (Å²) in [4.78, 5) is 4.52. The number of benzene rings is 1. The van der Waals surface area contributed by atoms with Gasteiger partial charge in [-0.25, -0.2) is 0 Å². The lowest BCUT2D eigenvalue weighted by Crippen LogP contribution is -1.99. The van der Waals surface area contributed by atoms with Crippen molar-refractivity contribution in [3.63, 3.8) is 0 Å². The molecule has 3 rings (SSSR count). The maximum Gasteiger partial charge on any atom is 0.0702 e. The summed E-state index contributed by atoms with van der Waals surface area (Å²) < 4.78 is 0. The first-order valence-electron chi connectivity index (χ1n) is 5.95. The molecule has 0 fully saturated rings. The van der Waals surface area contributed by atoms with Crippen molar-refractivity contribution in [3.05, 3.63) is 54.2 Å². The van der Waals surface area contributed by atoms with Gasteiger partial charge in [0.1, 0.15) is 0 Å². The average Bonchev–Trinajstić information content (AvgIpc) is 2.39. The van der Waals surface area contributed by atoms with Crippen LogP contribution in [0.15, 0.2) is 48.7 Å². The standard InChI is InChI=1S/C15H15N/c1-2-6-12(7-3-1)14-10-13-8-4-5-9-15(13)16-11-14/h2,4-6,8-12H,1,3,7H2/t12-/m0/s1. The minimum absolute atomic E-state index is 0.575. The third-order valence-electron chi connectivity index (χ3n) is 3.29. The smallest absolute Gasteiger partial charge is 0.0702 e. The highest BCUT2D eigenvalue weighted by atomic mass is 14.6. The Morgan fingerprint density at radius 2 is 2.12 bits per heavy atom. The van der Waals surface area contributed by atoms with E-state index in [0.29, 0.717) is 5.92 Å². The molecule has 1 aromatic carbocycles. The highest BCUT2D eigenvalue weighted by Crippen LogP contribution is 2.28. The molecule has 0 saturated carbocycles. The second-order valence-corrected chi connectivity index (χ2v) is 4.43. The van der Waals surface area contributed by atoms with E-state index >= 15 is 0 Å². The molecule has 1 heteroatoms. The third kappa shape index (κ3) is 1.73. The Morgan fingerprint density at radius 1 is 1.19 bits per heavy atom. The van der Waals surface area contributed by atoms with Crippen LogP contribution in [-0.2, 0) is 0 Å². The first-order chi connectivity index (χ1) is 7.93. The molecule has 0 unspecified atom stereocenters. The quantitative estimate of drug-likeness (QED) is 0.645. The molecule has 0 radical (unpaired) electrons. The molecule has 2 aromatic rings. The van der Waals surface area contributed by atoms with E-state index in [1.165, 1.54) is 30.2 Å². The molecule has 0 amide bonds. The van der Waals surface area contributed by atoms with Crippen LogP contribution in [0, 0.1) is 0 Å². The Balaban J connectivity index is 2.04. The van der Waals surface area contributed by atoms with Gasteiger partial charge in [0.15, 0.2) is 0 Å². The van der Waals surface area contributed by atoms with E-state index in [2.05, 4.69) is 41.4 Å². The number of fused-ring (bicyclic) bond motifs is 1.